The van der Waals surface area contributed by atoms with Gasteiger partial charge in [-0.1, -0.05) is 36.4 Å². The normalized spacial score (nSPS) is 10.2. The molecule has 0 spiro atoms. The number of pyridine rings is 1. The van der Waals surface area contributed by atoms with E-state index in [4.69, 9.17) is 0 Å². The molecule has 17 heavy (non-hydrogen) atoms. The Morgan fingerprint density at radius 3 is 2.47 bits per heavy atom. The first kappa shape index (κ1) is 11.9. The number of rotatable bonds is 1. The maximum atomic E-state index is 4.59. The fourth-order valence-electron chi connectivity index (χ4n) is 1.85. The largest absolute Gasteiger partial charge is 0.306 e. The lowest BCUT2D eigenvalue weighted by atomic mass is 10.2. The van der Waals surface area contributed by atoms with Gasteiger partial charge in [-0.25, -0.2) is 4.98 Å². The van der Waals surface area contributed by atoms with E-state index in [2.05, 4.69) is 46.9 Å². The highest BCUT2D eigenvalue weighted by Gasteiger charge is 2.02. The Labute approximate surface area is 111 Å². The Morgan fingerprint density at radius 2 is 1.71 bits per heavy atom. The predicted octanol–water partition coefficient (Wildman–Crippen LogP) is 3.89. The summed E-state index contributed by atoms with van der Waals surface area (Å²) in [5.74, 6) is 0. The van der Waals surface area contributed by atoms with E-state index >= 15 is 0 Å². The summed E-state index contributed by atoms with van der Waals surface area (Å²) in [6, 6.07) is 14.4. The zero-order valence-electron chi connectivity index (χ0n) is 9.50. The molecule has 3 aromatic rings. The zero-order valence-corrected chi connectivity index (χ0v) is 11.2. The fraction of sp³-hybridized carbons (Fsp3) is 0.0714. The molecule has 0 saturated heterocycles. The molecule has 0 aliphatic heterocycles. The molecule has 2 nitrogen and oxygen atoms in total. The van der Waals surface area contributed by atoms with Crippen molar-refractivity contribution in [3.63, 3.8) is 0 Å². The van der Waals surface area contributed by atoms with E-state index < -0.39 is 0 Å². The van der Waals surface area contributed by atoms with Crippen molar-refractivity contribution in [3.8, 4) is 11.3 Å². The average Bonchev–Trinajstić information content (AvgIpc) is 2.73. The molecule has 0 radical (unpaired) electrons. The van der Waals surface area contributed by atoms with Gasteiger partial charge in [-0.2, -0.15) is 0 Å². The Bertz CT molecular complexity index is 629. The van der Waals surface area contributed by atoms with E-state index in [-0.39, 0.29) is 17.0 Å². The van der Waals surface area contributed by atoms with Gasteiger partial charge in [0, 0.05) is 18.0 Å². The van der Waals surface area contributed by atoms with Crippen LogP contribution in [0.3, 0.4) is 0 Å². The Hall–Kier alpha value is -1.61. The number of nitrogens with zero attached hydrogens (tertiary/aromatic N) is 2. The summed E-state index contributed by atoms with van der Waals surface area (Å²) in [6.07, 6.45) is 4.16. The van der Waals surface area contributed by atoms with Crippen LogP contribution in [-0.2, 0) is 0 Å². The number of fused-ring (bicyclic) bond motifs is 1. The van der Waals surface area contributed by atoms with Gasteiger partial charge >= 0.3 is 0 Å². The van der Waals surface area contributed by atoms with E-state index in [1.807, 2.05) is 24.3 Å². The van der Waals surface area contributed by atoms with Crippen LogP contribution in [-0.4, -0.2) is 9.38 Å². The van der Waals surface area contributed by atoms with Crippen LogP contribution < -0.4 is 0 Å². The van der Waals surface area contributed by atoms with Gasteiger partial charge in [0.05, 0.1) is 5.69 Å². The standard InChI is InChI=1S/C14H12N2.BrH/c1-11-7-8-14-15-13(10-16(14)9-11)12-5-3-2-4-6-12;/h2-10H,1H3;1H. The molecule has 3 heteroatoms. The summed E-state index contributed by atoms with van der Waals surface area (Å²) >= 11 is 0. The number of hydrogen-bond donors (Lipinski definition) is 0. The van der Waals surface area contributed by atoms with Crippen molar-refractivity contribution >= 4 is 22.6 Å². The van der Waals surface area contributed by atoms with Crippen LogP contribution in [0.15, 0.2) is 54.9 Å². The Kier molecular flexibility index (Phi) is 3.29. The summed E-state index contributed by atoms with van der Waals surface area (Å²) in [7, 11) is 0. The molecule has 0 bridgehead atoms. The summed E-state index contributed by atoms with van der Waals surface area (Å²) in [5.41, 5.74) is 4.41. The topological polar surface area (TPSA) is 17.3 Å². The van der Waals surface area contributed by atoms with E-state index in [1.54, 1.807) is 0 Å². The van der Waals surface area contributed by atoms with Gasteiger partial charge in [0.1, 0.15) is 5.65 Å². The fourth-order valence-corrected chi connectivity index (χ4v) is 1.85. The minimum atomic E-state index is 0. The number of aromatic nitrogens is 2. The van der Waals surface area contributed by atoms with Gasteiger partial charge < -0.3 is 4.40 Å². The molecule has 0 fully saturated rings. The van der Waals surface area contributed by atoms with Crippen molar-refractivity contribution in [1.82, 2.24) is 9.38 Å². The van der Waals surface area contributed by atoms with Crippen LogP contribution in [0.4, 0.5) is 0 Å². The highest BCUT2D eigenvalue weighted by molar-refractivity contribution is 8.93. The van der Waals surface area contributed by atoms with Crippen molar-refractivity contribution in [3.05, 3.63) is 60.4 Å². The second kappa shape index (κ2) is 4.72. The number of imidazole rings is 1. The molecule has 3 rings (SSSR count). The second-order valence-electron chi connectivity index (χ2n) is 3.96. The summed E-state index contributed by atoms with van der Waals surface area (Å²) in [4.78, 5) is 4.59. The van der Waals surface area contributed by atoms with Crippen molar-refractivity contribution in [2.75, 3.05) is 0 Å². The third-order valence-electron chi connectivity index (χ3n) is 2.67. The SMILES string of the molecule is Br.Cc1ccc2nc(-c3ccccc3)cn2c1. The lowest BCUT2D eigenvalue weighted by molar-refractivity contribution is 1.16. The summed E-state index contributed by atoms with van der Waals surface area (Å²) in [5, 5.41) is 0. The van der Waals surface area contributed by atoms with Gasteiger partial charge in [0.15, 0.2) is 0 Å². The Morgan fingerprint density at radius 1 is 0.941 bits per heavy atom. The molecule has 0 atom stereocenters. The van der Waals surface area contributed by atoms with Crippen LogP contribution in [0.2, 0.25) is 0 Å². The van der Waals surface area contributed by atoms with E-state index in [0.29, 0.717) is 0 Å². The first-order valence-electron chi connectivity index (χ1n) is 5.34. The van der Waals surface area contributed by atoms with E-state index in [0.717, 1.165) is 16.9 Å². The Balaban J connectivity index is 0.00000108. The molecular formula is C14H13BrN2. The molecule has 0 aliphatic rings. The predicted molar refractivity (Wildman–Crippen MR) is 75.7 cm³/mol. The molecule has 0 N–H and O–H groups in total. The van der Waals surface area contributed by atoms with Gasteiger partial charge in [0.25, 0.3) is 0 Å². The molecule has 0 unspecified atom stereocenters. The third-order valence-corrected chi connectivity index (χ3v) is 2.67. The van der Waals surface area contributed by atoms with E-state index in [9.17, 15) is 0 Å². The first-order valence-corrected chi connectivity index (χ1v) is 5.34. The maximum absolute atomic E-state index is 4.59. The minimum Gasteiger partial charge on any atom is -0.306 e. The molecule has 86 valence electrons. The quantitative estimate of drug-likeness (QED) is 0.664. The van der Waals surface area contributed by atoms with Crippen LogP contribution >= 0.6 is 17.0 Å². The van der Waals surface area contributed by atoms with Crippen molar-refractivity contribution < 1.29 is 0 Å². The average molecular weight is 289 g/mol. The third kappa shape index (κ3) is 2.24. The van der Waals surface area contributed by atoms with Gasteiger partial charge in [-0.3, -0.25) is 0 Å². The zero-order chi connectivity index (χ0) is 11.0. The number of benzene rings is 1. The van der Waals surface area contributed by atoms with Crippen molar-refractivity contribution in [1.29, 1.82) is 0 Å². The van der Waals surface area contributed by atoms with Crippen LogP contribution in [0, 0.1) is 6.92 Å². The molecule has 0 aliphatic carbocycles. The highest BCUT2D eigenvalue weighted by atomic mass is 79.9. The molecule has 0 amide bonds. The lowest BCUT2D eigenvalue weighted by Crippen LogP contribution is -1.82. The maximum Gasteiger partial charge on any atom is 0.137 e. The molecule has 2 heterocycles. The molecule has 2 aromatic heterocycles. The van der Waals surface area contributed by atoms with Crippen LogP contribution in [0.1, 0.15) is 5.56 Å². The highest BCUT2D eigenvalue weighted by Crippen LogP contribution is 2.18. The van der Waals surface area contributed by atoms with Gasteiger partial charge in [-0.05, 0) is 18.6 Å². The number of aryl methyl sites for hydroxylation is 1. The van der Waals surface area contributed by atoms with Gasteiger partial charge in [0.2, 0.25) is 0 Å². The summed E-state index contributed by atoms with van der Waals surface area (Å²) < 4.78 is 2.07. The minimum absolute atomic E-state index is 0. The monoisotopic (exact) mass is 288 g/mol. The number of hydrogen-bond acceptors (Lipinski definition) is 1. The van der Waals surface area contributed by atoms with E-state index in [1.165, 1.54) is 5.56 Å². The molecule has 0 saturated carbocycles. The second-order valence-corrected chi connectivity index (χ2v) is 3.96. The van der Waals surface area contributed by atoms with Crippen LogP contribution in [0.25, 0.3) is 16.9 Å². The smallest absolute Gasteiger partial charge is 0.137 e. The summed E-state index contributed by atoms with van der Waals surface area (Å²) in [6.45, 7) is 2.08. The molecular weight excluding hydrogens is 276 g/mol. The van der Waals surface area contributed by atoms with Gasteiger partial charge in [-0.15, -0.1) is 17.0 Å². The molecule has 1 aromatic carbocycles. The van der Waals surface area contributed by atoms with Crippen molar-refractivity contribution in [2.24, 2.45) is 0 Å². The number of halogens is 1. The van der Waals surface area contributed by atoms with Crippen LogP contribution in [0.5, 0.6) is 0 Å². The first-order chi connectivity index (χ1) is 7.83. The lowest BCUT2D eigenvalue weighted by Gasteiger charge is -1.93. The van der Waals surface area contributed by atoms with Crippen molar-refractivity contribution in [2.45, 2.75) is 6.92 Å².